The molecule has 1 aliphatic carbocycles. The lowest BCUT2D eigenvalue weighted by atomic mass is 9.90. The Morgan fingerprint density at radius 1 is 1.05 bits per heavy atom. The Bertz CT molecular complexity index is 406. The number of benzene rings is 1. The van der Waals surface area contributed by atoms with Gasteiger partial charge in [-0.3, -0.25) is 0 Å². The van der Waals surface area contributed by atoms with E-state index in [0.717, 1.165) is 12.5 Å². The zero-order valence-electron chi connectivity index (χ0n) is 13.5. The van der Waals surface area contributed by atoms with E-state index in [4.69, 9.17) is 0 Å². The van der Waals surface area contributed by atoms with Gasteiger partial charge in [0.05, 0.1) is 0 Å². The molecule has 20 heavy (non-hydrogen) atoms. The van der Waals surface area contributed by atoms with Crippen LogP contribution in [-0.2, 0) is 12.8 Å². The third-order valence-electron chi connectivity index (χ3n) is 4.89. The summed E-state index contributed by atoms with van der Waals surface area (Å²) in [5, 5.41) is 3.78. The predicted octanol–water partition coefficient (Wildman–Crippen LogP) is 5.04. The molecule has 1 unspecified atom stereocenters. The molecule has 0 saturated heterocycles. The van der Waals surface area contributed by atoms with E-state index in [1.54, 1.807) is 11.1 Å². The fourth-order valence-electron chi connectivity index (χ4n) is 3.42. The molecule has 0 aliphatic heterocycles. The lowest BCUT2D eigenvalue weighted by Crippen LogP contribution is -2.24. The second-order valence-electron chi connectivity index (χ2n) is 6.31. The monoisotopic (exact) mass is 273 g/mol. The molecular formula is C19H31N. The minimum Gasteiger partial charge on any atom is -0.310 e. The molecule has 0 bridgehead atoms. The lowest BCUT2D eigenvalue weighted by Gasteiger charge is -2.24. The molecule has 0 saturated carbocycles. The standard InChI is InChI=1S/C19H31N/c1-4-12-20-19(13-15(5-2)6-3)18-11-10-16-8-7-9-17(16)14-18/h10-11,14-15,19-20H,4-9,12-13H2,1-3H3. The number of fused-ring (bicyclic) bond motifs is 1. The van der Waals surface area contributed by atoms with Gasteiger partial charge in [-0.2, -0.15) is 0 Å². The Morgan fingerprint density at radius 3 is 2.50 bits per heavy atom. The van der Waals surface area contributed by atoms with Gasteiger partial charge in [-0.1, -0.05) is 51.8 Å². The smallest absolute Gasteiger partial charge is 0.0322 e. The summed E-state index contributed by atoms with van der Waals surface area (Å²) in [6, 6.07) is 7.79. The van der Waals surface area contributed by atoms with E-state index in [0.29, 0.717) is 6.04 Å². The van der Waals surface area contributed by atoms with Crippen molar-refractivity contribution in [3.63, 3.8) is 0 Å². The summed E-state index contributed by atoms with van der Waals surface area (Å²) in [6.07, 6.45) is 9.01. The van der Waals surface area contributed by atoms with E-state index in [-0.39, 0.29) is 0 Å². The summed E-state index contributed by atoms with van der Waals surface area (Å²) < 4.78 is 0. The molecule has 1 N–H and O–H groups in total. The molecule has 0 amide bonds. The second-order valence-corrected chi connectivity index (χ2v) is 6.31. The molecule has 0 heterocycles. The van der Waals surface area contributed by atoms with Gasteiger partial charge >= 0.3 is 0 Å². The number of rotatable bonds is 8. The Labute approximate surface area is 125 Å². The van der Waals surface area contributed by atoms with E-state index in [1.807, 2.05) is 0 Å². The second kappa shape index (κ2) is 7.83. The molecule has 1 aromatic carbocycles. The van der Waals surface area contributed by atoms with Gasteiger partial charge in [-0.25, -0.2) is 0 Å². The average molecular weight is 273 g/mol. The van der Waals surface area contributed by atoms with Crippen LogP contribution < -0.4 is 5.32 Å². The van der Waals surface area contributed by atoms with Gasteiger partial charge in [-0.05, 0) is 61.3 Å². The van der Waals surface area contributed by atoms with Crippen LogP contribution in [-0.4, -0.2) is 6.54 Å². The van der Waals surface area contributed by atoms with Crippen molar-refractivity contribution in [2.24, 2.45) is 5.92 Å². The Kier molecular flexibility index (Phi) is 6.09. The van der Waals surface area contributed by atoms with E-state index in [2.05, 4.69) is 44.3 Å². The maximum atomic E-state index is 3.78. The molecular weight excluding hydrogens is 242 g/mol. The highest BCUT2D eigenvalue weighted by molar-refractivity contribution is 5.36. The maximum absolute atomic E-state index is 3.78. The van der Waals surface area contributed by atoms with Crippen molar-refractivity contribution in [3.05, 3.63) is 34.9 Å². The van der Waals surface area contributed by atoms with Crippen molar-refractivity contribution in [3.8, 4) is 0 Å². The van der Waals surface area contributed by atoms with Crippen LogP contribution in [0.25, 0.3) is 0 Å². The maximum Gasteiger partial charge on any atom is 0.0322 e. The quantitative estimate of drug-likeness (QED) is 0.699. The van der Waals surface area contributed by atoms with E-state index >= 15 is 0 Å². The first-order valence-corrected chi connectivity index (χ1v) is 8.63. The minimum atomic E-state index is 0.547. The summed E-state index contributed by atoms with van der Waals surface area (Å²) >= 11 is 0. The third kappa shape index (κ3) is 3.85. The molecule has 112 valence electrons. The van der Waals surface area contributed by atoms with Crippen LogP contribution in [0.15, 0.2) is 18.2 Å². The Balaban J connectivity index is 2.12. The van der Waals surface area contributed by atoms with Crippen LogP contribution in [0.5, 0.6) is 0 Å². The van der Waals surface area contributed by atoms with Gasteiger partial charge < -0.3 is 5.32 Å². The van der Waals surface area contributed by atoms with Crippen LogP contribution in [0.3, 0.4) is 0 Å². The zero-order chi connectivity index (χ0) is 14.4. The van der Waals surface area contributed by atoms with Crippen molar-refractivity contribution in [1.82, 2.24) is 5.32 Å². The van der Waals surface area contributed by atoms with Gasteiger partial charge in [0, 0.05) is 6.04 Å². The van der Waals surface area contributed by atoms with Crippen molar-refractivity contribution >= 4 is 0 Å². The fourth-order valence-corrected chi connectivity index (χ4v) is 3.42. The minimum absolute atomic E-state index is 0.547. The molecule has 1 aromatic rings. The van der Waals surface area contributed by atoms with Crippen LogP contribution in [0.1, 0.15) is 75.6 Å². The van der Waals surface area contributed by atoms with Crippen LogP contribution in [0.4, 0.5) is 0 Å². The first kappa shape index (κ1) is 15.6. The SMILES string of the molecule is CCCNC(CC(CC)CC)c1ccc2c(c1)CCC2. The van der Waals surface area contributed by atoms with Crippen LogP contribution in [0.2, 0.25) is 0 Å². The van der Waals surface area contributed by atoms with E-state index < -0.39 is 0 Å². The van der Waals surface area contributed by atoms with E-state index in [1.165, 1.54) is 50.5 Å². The van der Waals surface area contributed by atoms with Gasteiger partial charge in [-0.15, -0.1) is 0 Å². The van der Waals surface area contributed by atoms with Gasteiger partial charge in [0.15, 0.2) is 0 Å². The molecule has 1 nitrogen and oxygen atoms in total. The van der Waals surface area contributed by atoms with Crippen molar-refractivity contribution < 1.29 is 0 Å². The summed E-state index contributed by atoms with van der Waals surface area (Å²) in [6.45, 7) is 8.03. The summed E-state index contributed by atoms with van der Waals surface area (Å²) in [7, 11) is 0. The first-order chi connectivity index (χ1) is 9.78. The van der Waals surface area contributed by atoms with Crippen molar-refractivity contribution in [2.75, 3.05) is 6.54 Å². The highest BCUT2D eigenvalue weighted by Crippen LogP contribution is 2.29. The predicted molar refractivity (Wildman–Crippen MR) is 88.2 cm³/mol. The fraction of sp³-hybridized carbons (Fsp3) is 0.684. The number of hydrogen-bond acceptors (Lipinski definition) is 1. The molecule has 0 spiro atoms. The van der Waals surface area contributed by atoms with Gasteiger partial charge in [0.25, 0.3) is 0 Å². The number of nitrogens with one attached hydrogen (secondary N) is 1. The normalized spacial score (nSPS) is 15.6. The topological polar surface area (TPSA) is 12.0 Å². The number of aryl methyl sites for hydroxylation is 2. The molecule has 2 rings (SSSR count). The highest BCUT2D eigenvalue weighted by Gasteiger charge is 2.18. The summed E-state index contributed by atoms with van der Waals surface area (Å²) in [4.78, 5) is 0. The van der Waals surface area contributed by atoms with E-state index in [9.17, 15) is 0 Å². The van der Waals surface area contributed by atoms with Gasteiger partial charge in [0.2, 0.25) is 0 Å². The lowest BCUT2D eigenvalue weighted by molar-refractivity contribution is 0.371. The summed E-state index contributed by atoms with van der Waals surface area (Å²) in [5.74, 6) is 0.845. The molecule has 0 aromatic heterocycles. The van der Waals surface area contributed by atoms with Crippen molar-refractivity contribution in [1.29, 1.82) is 0 Å². The van der Waals surface area contributed by atoms with Crippen molar-refractivity contribution in [2.45, 2.75) is 71.8 Å². The third-order valence-corrected chi connectivity index (χ3v) is 4.89. The molecule has 1 heteroatoms. The van der Waals surface area contributed by atoms with Crippen LogP contribution in [0, 0.1) is 5.92 Å². The van der Waals surface area contributed by atoms with Gasteiger partial charge in [0.1, 0.15) is 0 Å². The zero-order valence-corrected chi connectivity index (χ0v) is 13.5. The summed E-state index contributed by atoms with van der Waals surface area (Å²) in [5.41, 5.74) is 4.71. The highest BCUT2D eigenvalue weighted by atomic mass is 14.9. The number of hydrogen-bond donors (Lipinski definition) is 1. The first-order valence-electron chi connectivity index (χ1n) is 8.63. The Hall–Kier alpha value is -0.820. The molecule has 0 radical (unpaired) electrons. The molecule has 1 aliphatic rings. The molecule has 0 fully saturated rings. The largest absolute Gasteiger partial charge is 0.310 e. The molecule has 1 atom stereocenters. The average Bonchev–Trinajstić information content (AvgIpc) is 2.95. The van der Waals surface area contributed by atoms with Crippen LogP contribution >= 0.6 is 0 Å². The Morgan fingerprint density at radius 2 is 1.80 bits per heavy atom.